The number of alkyl halides is 3. The Morgan fingerprint density at radius 1 is 1.19 bits per heavy atom. The summed E-state index contributed by atoms with van der Waals surface area (Å²) in [7, 11) is 0. The highest BCUT2D eigenvalue weighted by Crippen LogP contribution is 2.30. The number of nitrogens with one attached hydrogen (secondary N) is 2. The van der Waals surface area contributed by atoms with E-state index in [1.54, 1.807) is 12.1 Å². The minimum atomic E-state index is -4.53. The van der Waals surface area contributed by atoms with Gasteiger partial charge in [0.15, 0.2) is 10.2 Å². The fourth-order valence-electron chi connectivity index (χ4n) is 2.76. The molecule has 2 N–H and O–H groups in total. The summed E-state index contributed by atoms with van der Waals surface area (Å²) in [5.41, 5.74) is 4.02. The number of carbonyl (C=O) groups excluding carboxylic acids is 1. The molecule has 0 bridgehead atoms. The highest BCUT2D eigenvalue weighted by molar-refractivity contribution is 7.99. The van der Waals surface area contributed by atoms with Gasteiger partial charge in [0.05, 0.1) is 22.8 Å². The molecule has 0 spiro atoms. The van der Waals surface area contributed by atoms with Crippen LogP contribution in [0.2, 0.25) is 0 Å². The number of furan rings is 1. The standard InChI is InChI=1S/C21H15F3N4O2S/c1-12-5-7-16-17(9-12)27-20(26-16)31-18-8-6-15(30-18)11-25-28-19(29)13-3-2-4-14(10-13)21(22,23)24/h2-11H,1H3,(H,26,27)(H,28,29)/b25-11-. The zero-order chi connectivity index (χ0) is 22.0. The van der Waals surface area contributed by atoms with Crippen LogP contribution >= 0.6 is 11.8 Å². The predicted octanol–water partition coefficient (Wildman–Crippen LogP) is 5.40. The molecule has 0 atom stereocenters. The summed E-state index contributed by atoms with van der Waals surface area (Å²) in [5, 5.41) is 4.96. The van der Waals surface area contributed by atoms with Gasteiger partial charge in [-0.3, -0.25) is 4.79 Å². The zero-order valence-corrected chi connectivity index (χ0v) is 16.8. The van der Waals surface area contributed by atoms with Gasteiger partial charge in [-0.2, -0.15) is 18.3 Å². The number of hydrazone groups is 1. The topological polar surface area (TPSA) is 83.3 Å². The van der Waals surface area contributed by atoms with Crippen LogP contribution in [-0.2, 0) is 6.18 Å². The molecular formula is C21H15F3N4O2S. The number of aromatic amines is 1. The monoisotopic (exact) mass is 444 g/mol. The maximum atomic E-state index is 12.8. The van der Waals surface area contributed by atoms with Crippen molar-refractivity contribution in [1.29, 1.82) is 0 Å². The number of carbonyl (C=O) groups is 1. The number of aromatic nitrogens is 2. The molecule has 0 fully saturated rings. The molecule has 158 valence electrons. The van der Waals surface area contributed by atoms with Crippen LogP contribution in [-0.4, -0.2) is 22.1 Å². The summed E-state index contributed by atoms with van der Waals surface area (Å²) in [5.74, 6) is -0.403. The van der Waals surface area contributed by atoms with E-state index in [-0.39, 0.29) is 5.56 Å². The van der Waals surface area contributed by atoms with E-state index in [1.807, 2.05) is 25.1 Å². The third-order valence-electron chi connectivity index (χ3n) is 4.23. The molecule has 2 aromatic carbocycles. The van der Waals surface area contributed by atoms with Crippen LogP contribution in [0.25, 0.3) is 11.0 Å². The van der Waals surface area contributed by atoms with Crippen LogP contribution in [0.1, 0.15) is 27.2 Å². The van der Waals surface area contributed by atoms with Crippen molar-refractivity contribution in [3.8, 4) is 0 Å². The van der Waals surface area contributed by atoms with E-state index in [1.165, 1.54) is 24.0 Å². The number of hydrogen-bond acceptors (Lipinski definition) is 5. The molecule has 0 unspecified atom stereocenters. The van der Waals surface area contributed by atoms with Gasteiger partial charge in [0.2, 0.25) is 0 Å². The SMILES string of the molecule is Cc1ccc2nc(Sc3ccc(/C=N\NC(=O)c4cccc(C(F)(F)F)c4)o3)[nH]c2c1. The lowest BCUT2D eigenvalue weighted by atomic mass is 10.1. The van der Waals surface area contributed by atoms with Crippen LogP contribution < -0.4 is 5.43 Å². The van der Waals surface area contributed by atoms with Crippen molar-refractivity contribution in [3.05, 3.63) is 77.0 Å². The fourth-order valence-corrected chi connectivity index (χ4v) is 3.53. The molecule has 0 aliphatic rings. The van der Waals surface area contributed by atoms with Crippen molar-refractivity contribution >= 4 is 34.9 Å². The average Bonchev–Trinajstić information content (AvgIpc) is 3.33. The average molecular weight is 444 g/mol. The maximum absolute atomic E-state index is 12.8. The number of benzene rings is 2. The largest absolute Gasteiger partial charge is 0.448 e. The van der Waals surface area contributed by atoms with Crippen LogP contribution in [0, 0.1) is 6.92 Å². The first-order valence-electron chi connectivity index (χ1n) is 9.03. The molecule has 0 aliphatic heterocycles. The Kier molecular flexibility index (Phi) is 5.55. The van der Waals surface area contributed by atoms with Gasteiger partial charge in [0.1, 0.15) is 5.76 Å². The molecule has 0 saturated heterocycles. The Labute approximate surface area is 178 Å². The molecule has 1 amide bonds. The Morgan fingerprint density at radius 3 is 2.84 bits per heavy atom. The van der Waals surface area contributed by atoms with Crippen molar-refractivity contribution in [1.82, 2.24) is 15.4 Å². The van der Waals surface area contributed by atoms with E-state index in [2.05, 4.69) is 20.5 Å². The molecule has 4 aromatic rings. The Bertz CT molecular complexity index is 1280. The number of nitrogens with zero attached hydrogens (tertiary/aromatic N) is 2. The molecule has 2 heterocycles. The lowest BCUT2D eigenvalue weighted by Crippen LogP contribution is -2.18. The third kappa shape index (κ3) is 4.97. The van der Waals surface area contributed by atoms with Crippen molar-refractivity contribution in [2.45, 2.75) is 23.3 Å². The number of fused-ring (bicyclic) bond motifs is 1. The number of imidazole rings is 1. The number of halogens is 3. The predicted molar refractivity (Wildman–Crippen MR) is 110 cm³/mol. The number of hydrogen-bond donors (Lipinski definition) is 2. The van der Waals surface area contributed by atoms with E-state index in [0.29, 0.717) is 16.0 Å². The Balaban J connectivity index is 1.38. The lowest BCUT2D eigenvalue weighted by Gasteiger charge is -2.07. The van der Waals surface area contributed by atoms with Gasteiger partial charge in [0, 0.05) is 5.56 Å². The molecular weight excluding hydrogens is 429 g/mol. The molecule has 0 aliphatic carbocycles. The minimum absolute atomic E-state index is 0.150. The van der Waals surface area contributed by atoms with Crippen LogP contribution in [0.4, 0.5) is 13.2 Å². The third-order valence-corrected chi connectivity index (χ3v) is 5.03. The van der Waals surface area contributed by atoms with Gasteiger partial charge < -0.3 is 9.40 Å². The van der Waals surface area contributed by atoms with E-state index < -0.39 is 17.6 Å². The summed E-state index contributed by atoms with van der Waals surface area (Å²) in [6.45, 7) is 2.00. The van der Waals surface area contributed by atoms with E-state index in [0.717, 1.165) is 34.8 Å². The molecule has 4 rings (SSSR count). The highest BCUT2D eigenvalue weighted by atomic mass is 32.2. The van der Waals surface area contributed by atoms with Gasteiger partial charge in [0.25, 0.3) is 5.91 Å². The van der Waals surface area contributed by atoms with Crippen LogP contribution in [0.5, 0.6) is 0 Å². The first kappa shape index (κ1) is 20.7. The van der Waals surface area contributed by atoms with Crippen LogP contribution in [0.15, 0.2) is 74.4 Å². The second-order valence-corrected chi connectivity index (χ2v) is 7.59. The number of aryl methyl sites for hydroxylation is 1. The van der Waals surface area contributed by atoms with Crippen molar-refractivity contribution < 1.29 is 22.4 Å². The number of rotatable bonds is 5. The number of amides is 1. The molecule has 2 aromatic heterocycles. The van der Waals surface area contributed by atoms with E-state index in [9.17, 15) is 18.0 Å². The molecule has 31 heavy (non-hydrogen) atoms. The van der Waals surface area contributed by atoms with Gasteiger partial charge in [-0.1, -0.05) is 12.1 Å². The van der Waals surface area contributed by atoms with Gasteiger partial charge >= 0.3 is 6.18 Å². The summed E-state index contributed by atoms with van der Waals surface area (Å²) in [6.07, 6.45) is -3.27. The first-order valence-corrected chi connectivity index (χ1v) is 9.84. The minimum Gasteiger partial charge on any atom is -0.448 e. The quantitative estimate of drug-likeness (QED) is 0.319. The van der Waals surface area contributed by atoms with E-state index in [4.69, 9.17) is 4.42 Å². The Hall–Kier alpha value is -3.53. The zero-order valence-electron chi connectivity index (χ0n) is 16.0. The van der Waals surface area contributed by atoms with E-state index >= 15 is 0 Å². The normalized spacial score (nSPS) is 12.0. The highest BCUT2D eigenvalue weighted by Gasteiger charge is 2.30. The van der Waals surface area contributed by atoms with Gasteiger partial charge in [-0.05, 0) is 66.7 Å². The molecule has 10 heteroatoms. The Morgan fingerprint density at radius 2 is 2.03 bits per heavy atom. The fraction of sp³-hybridized carbons (Fsp3) is 0.0952. The van der Waals surface area contributed by atoms with Crippen molar-refractivity contribution in [2.75, 3.05) is 0 Å². The summed E-state index contributed by atoms with van der Waals surface area (Å²) in [6, 6.07) is 13.4. The number of H-pyrrole nitrogens is 1. The molecule has 6 nitrogen and oxygen atoms in total. The first-order chi connectivity index (χ1) is 14.8. The van der Waals surface area contributed by atoms with Gasteiger partial charge in [-0.25, -0.2) is 10.4 Å². The maximum Gasteiger partial charge on any atom is 0.416 e. The van der Waals surface area contributed by atoms with Crippen molar-refractivity contribution in [2.24, 2.45) is 5.10 Å². The summed E-state index contributed by atoms with van der Waals surface area (Å²) in [4.78, 5) is 19.7. The van der Waals surface area contributed by atoms with Crippen molar-refractivity contribution in [3.63, 3.8) is 0 Å². The van der Waals surface area contributed by atoms with Crippen LogP contribution in [0.3, 0.4) is 0 Å². The molecule has 0 radical (unpaired) electrons. The lowest BCUT2D eigenvalue weighted by molar-refractivity contribution is -0.137. The smallest absolute Gasteiger partial charge is 0.416 e. The molecule has 0 saturated carbocycles. The second-order valence-electron chi connectivity index (χ2n) is 6.60. The van der Waals surface area contributed by atoms with Gasteiger partial charge in [-0.15, -0.1) is 0 Å². The summed E-state index contributed by atoms with van der Waals surface area (Å²) >= 11 is 1.29. The summed E-state index contributed by atoms with van der Waals surface area (Å²) < 4.78 is 43.9. The second kappa shape index (κ2) is 8.31.